The second-order valence-electron chi connectivity index (χ2n) is 6.85. The van der Waals surface area contributed by atoms with Crippen LogP contribution in [0.25, 0.3) is 0 Å². The van der Waals surface area contributed by atoms with E-state index in [9.17, 15) is 13.2 Å². The number of carbonyl (C=O) groups is 1. The van der Waals surface area contributed by atoms with Gasteiger partial charge in [0.25, 0.3) is 0 Å². The van der Waals surface area contributed by atoms with Gasteiger partial charge in [0.2, 0.25) is 10.0 Å². The van der Waals surface area contributed by atoms with Crippen LogP contribution < -0.4 is 10.5 Å². The number of hydrogen-bond acceptors (Lipinski definition) is 5. The molecule has 0 aliphatic rings. The molecule has 0 spiro atoms. The Hall–Kier alpha value is -1.64. The highest BCUT2D eigenvalue weighted by Gasteiger charge is 2.20. The molecule has 0 radical (unpaired) electrons. The number of carbonyl (C=O) groups excluding carboxylic acids is 1. The summed E-state index contributed by atoms with van der Waals surface area (Å²) in [5, 5.41) is 8.40. The molecule has 0 aliphatic carbocycles. The number of nitrogens with two attached hydrogens (primary N) is 1. The first kappa shape index (κ1) is 21.4. The van der Waals surface area contributed by atoms with Gasteiger partial charge < -0.3 is 15.0 Å². The van der Waals surface area contributed by atoms with Gasteiger partial charge in [-0.05, 0) is 52.3 Å². The van der Waals surface area contributed by atoms with Crippen LogP contribution >= 0.6 is 0 Å². The average Bonchev–Trinajstić information content (AvgIpc) is 2.48. The van der Waals surface area contributed by atoms with Crippen LogP contribution in [0.5, 0.6) is 0 Å². The van der Waals surface area contributed by atoms with Gasteiger partial charge in [-0.15, -0.1) is 0 Å². The SMILES string of the molecule is CCN(CCNC(C)c1ccc(S(N)(=O)=O)cc1)C(=O)OC(C)(C)C. The summed E-state index contributed by atoms with van der Waals surface area (Å²) in [6.07, 6.45) is -0.332. The van der Waals surface area contributed by atoms with Crippen LogP contribution in [0, 0.1) is 0 Å². The van der Waals surface area contributed by atoms with Crippen LogP contribution in [0.3, 0.4) is 0 Å². The quantitative estimate of drug-likeness (QED) is 0.765. The van der Waals surface area contributed by atoms with Crippen molar-refractivity contribution in [2.45, 2.75) is 51.2 Å². The first-order valence-electron chi connectivity index (χ1n) is 8.28. The molecule has 25 heavy (non-hydrogen) atoms. The molecule has 0 fully saturated rings. The highest BCUT2D eigenvalue weighted by Crippen LogP contribution is 2.15. The Morgan fingerprint density at radius 2 is 1.84 bits per heavy atom. The third kappa shape index (κ3) is 7.41. The highest BCUT2D eigenvalue weighted by atomic mass is 32.2. The predicted octanol–water partition coefficient (Wildman–Crippen LogP) is 2.24. The fourth-order valence-corrected chi connectivity index (χ4v) is 2.70. The first-order valence-corrected chi connectivity index (χ1v) is 9.82. The summed E-state index contributed by atoms with van der Waals surface area (Å²) in [6, 6.07) is 6.43. The van der Waals surface area contributed by atoms with Gasteiger partial charge in [-0.25, -0.2) is 18.4 Å². The number of benzene rings is 1. The largest absolute Gasteiger partial charge is 0.444 e. The number of ether oxygens (including phenoxy) is 1. The molecular weight excluding hydrogens is 342 g/mol. The molecule has 1 aromatic rings. The lowest BCUT2D eigenvalue weighted by Gasteiger charge is -2.27. The van der Waals surface area contributed by atoms with E-state index in [1.54, 1.807) is 17.0 Å². The summed E-state index contributed by atoms with van der Waals surface area (Å²) in [5.74, 6) is 0. The number of nitrogens with one attached hydrogen (secondary N) is 1. The molecule has 3 N–H and O–H groups in total. The van der Waals surface area contributed by atoms with Gasteiger partial charge in [0, 0.05) is 25.7 Å². The highest BCUT2D eigenvalue weighted by molar-refractivity contribution is 7.89. The monoisotopic (exact) mass is 371 g/mol. The summed E-state index contributed by atoms with van der Waals surface area (Å²) in [4.78, 5) is 13.8. The van der Waals surface area contributed by atoms with Gasteiger partial charge in [-0.3, -0.25) is 0 Å². The van der Waals surface area contributed by atoms with Gasteiger partial charge in [-0.2, -0.15) is 0 Å². The molecule has 7 nitrogen and oxygen atoms in total. The van der Waals surface area contributed by atoms with Crippen LogP contribution in [0.4, 0.5) is 4.79 Å². The molecule has 8 heteroatoms. The van der Waals surface area contributed by atoms with Gasteiger partial charge in [0.05, 0.1) is 4.90 Å². The summed E-state index contributed by atoms with van der Waals surface area (Å²) >= 11 is 0. The lowest BCUT2D eigenvalue weighted by atomic mass is 10.1. The number of hydrogen-bond donors (Lipinski definition) is 2. The Morgan fingerprint density at radius 3 is 2.28 bits per heavy atom. The third-order valence-corrected chi connectivity index (χ3v) is 4.50. The molecule has 0 bridgehead atoms. The van der Waals surface area contributed by atoms with Gasteiger partial charge >= 0.3 is 6.09 Å². The van der Waals surface area contributed by atoms with Crippen molar-refractivity contribution in [3.8, 4) is 0 Å². The zero-order valence-corrected chi connectivity index (χ0v) is 16.4. The summed E-state index contributed by atoms with van der Waals surface area (Å²) in [6.45, 7) is 11.1. The van der Waals surface area contributed by atoms with Crippen molar-refractivity contribution >= 4 is 16.1 Å². The van der Waals surface area contributed by atoms with Crippen LogP contribution in [0.2, 0.25) is 0 Å². The topological polar surface area (TPSA) is 102 Å². The van der Waals surface area contributed by atoms with Crippen LogP contribution in [0.15, 0.2) is 29.2 Å². The van der Waals surface area contributed by atoms with Crippen molar-refractivity contribution in [1.29, 1.82) is 0 Å². The Bertz CT molecular complexity index is 666. The van der Waals surface area contributed by atoms with E-state index in [0.717, 1.165) is 5.56 Å². The van der Waals surface area contributed by atoms with Crippen LogP contribution in [0.1, 0.15) is 46.2 Å². The molecule has 1 amide bonds. The fraction of sp³-hybridized carbons (Fsp3) is 0.588. The summed E-state index contributed by atoms with van der Waals surface area (Å²) < 4.78 is 27.9. The molecule has 142 valence electrons. The lowest BCUT2D eigenvalue weighted by Crippen LogP contribution is -2.40. The van der Waals surface area contributed by atoms with Gasteiger partial charge in [0.1, 0.15) is 5.60 Å². The maximum absolute atomic E-state index is 12.1. The average molecular weight is 372 g/mol. The molecule has 0 saturated heterocycles. The minimum atomic E-state index is -3.68. The lowest BCUT2D eigenvalue weighted by molar-refractivity contribution is 0.0261. The minimum absolute atomic E-state index is 0.00636. The van der Waals surface area contributed by atoms with Crippen molar-refractivity contribution in [2.75, 3.05) is 19.6 Å². The van der Waals surface area contributed by atoms with E-state index in [-0.39, 0.29) is 17.0 Å². The van der Waals surface area contributed by atoms with Crippen LogP contribution in [-0.2, 0) is 14.8 Å². The molecular formula is C17H29N3O4S. The predicted molar refractivity (Wildman–Crippen MR) is 97.7 cm³/mol. The Balaban J connectivity index is 2.55. The number of likely N-dealkylation sites (N-methyl/N-ethyl adjacent to an activating group) is 1. The zero-order chi connectivity index (χ0) is 19.3. The minimum Gasteiger partial charge on any atom is -0.444 e. The zero-order valence-electron chi connectivity index (χ0n) is 15.6. The maximum atomic E-state index is 12.1. The molecule has 0 aliphatic heterocycles. The first-order chi connectivity index (χ1) is 11.4. The molecule has 1 atom stereocenters. The third-order valence-electron chi connectivity index (χ3n) is 3.57. The normalized spacial score (nSPS) is 13.4. The smallest absolute Gasteiger partial charge is 0.410 e. The molecule has 1 aromatic carbocycles. The Morgan fingerprint density at radius 1 is 1.28 bits per heavy atom. The molecule has 0 heterocycles. The van der Waals surface area contributed by atoms with E-state index < -0.39 is 15.6 Å². The summed E-state index contributed by atoms with van der Waals surface area (Å²) in [5.41, 5.74) is 0.420. The number of rotatable bonds is 7. The van der Waals surface area contributed by atoms with E-state index in [4.69, 9.17) is 9.88 Å². The van der Waals surface area contributed by atoms with E-state index in [1.807, 2.05) is 34.6 Å². The molecule has 1 rings (SSSR count). The molecule has 0 saturated carbocycles. The maximum Gasteiger partial charge on any atom is 0.410 e. The van der Waals surface area contributed by atoms with Gasteiger partial charge in [0.15, 0.2) is 0 Å². The van der Waals surface area contributed by atoms with E-state index in [1.165, 1.54) is 12.1 Å². The number of sulfonamides is 1. The van der Waals surface area contributed by atoms with Crippen molar-refractivity contribution in [3.05, 3.63) is 29.8 Å². The standard InChI is InChI=1S/C17H29N3O4S/c1-6-20(16(21)24-17(3,4)5)12-11-19-13(2)14-7-9-15(10-8-14)25(18,22)23/h7-10,13,19H,6,11-12H2,1-5H3,(H2,18,22,23). The van der Waals surface area contributed by atoms with Crippen molar-refractivity contribution in [2.24, 2.45) is 5.14 Å². The number of amides is 1. The molecule has 0 aromatic heterocycles. The number of primary sulfonamides is 1. The van der Waals surface area contributed by atoms with Crippen molar-refractivity contribution < 1.29 is 17.9 Å². The summed E-state index contributed by atoms with van der Waals surface area (Å²) in [7, 11) is -3.68. The van der Waals surface area contributed by atoms with Crippen LogP contribution in [-0.4, -0.2) is 44.6 Å². The second kappa shape index (κ2) is 8.64. The van der Waals surface area contributed by atoms with Gasteiger partial charge in [-0.1, -0.05) is 12.1 Å². The van der Waals surface area contributed by atoms with Crippen molar-refractivity contribution in [1.82, 2.24) is 10.2 Å². The number of nitrogens with zero attached hydrogens (tertiary/aromatic N) is 1. The Kier molecular flexibility index (Phi) is 7.40. The molecule has 1 unspecified atom stereocenters. The fourth-order valence-electron chi connectivity index (χ4n) is 2.19. The second-order valence-corrected chi connectivity index (χ2v) is 8.41. The van der Waals surface area contributed by atoms with E-state index in [2.05, 4.69) is 5.32 Å². The van der Waals surface area contributed by atoms with Crippen molar-refractivity contribution in [3.63, 3.8) is 0 Å². The Labute approximate surface area is 150 Å². The van der Waals surface area contributed by atoms with E-state index in [0.29, 0.717) is 19.6 Å². The van der Waals surface area contributed by atoms with E-state index >= 15 is 0 Å².